The Balaban J connectivity index is 1.94. The van der Waals surface area contributed by atoms with Crippen molar-refractivity contribution in [2.24, 2.45) is 0 Å². The van der Waals surface area contributed by atoms with E-state index < -0.39 is 0 Å². The number of hydrogen-bond donors (Lipinski definition) is 1. The van der Waals surface area contributed by atoms with Gasteiger partial charge in [-0.05, 0) is 50.8 Å². The third-order valence-corrected chi connectivity index (χ3v) is 4.30. The number of carbonyl (C=O) groups excluding carboxylic acids is 1. The van der Waals surface area contributed by atoms with Gasteiger partial charge in [0.1, 0.15) is 0 Å². The number of likely N-dealkylation sites (tertiary alicyclic amines) is 1. The average Bonchev–Trinajstić information content (AvgIpc) is 2.49. The molecule has 1 amide bonds. The van der Waals surface area contributed by atoms with Crippen molar-refractivity contribution in [2.45, 2.75) is 52.5 Å². The number of aryl methyl sites for hydroxylation is 2. The van der Waals surface area contributed by atoms with Gasteiger partial charge < -0.3 is 10.2 Å². The Morgan fingerprint density at radius 1 is 1.38 bits per heavy atom. The maximum atomic E-state index is 12.5. The van der Waals surface area contributed by atoms with Gasteiger partial charge in [0.15, 0.2) is 0 Å². The van der Waals surface area contributed by atoms with Gasteiger partial charge in [0.25, 0.3) is 0 Å². The van der Waals surface area contributed by atoms with Crippen LogP contribution in [0.25, 0.3) is 0 Å². The highest BCUT2D eigenvalue weighted by atomic mass is 16.2. The summed E-state index contributed by atoms with van der Waals surface area (Å²) in [7, 11) is 0. The van der Waals surface area contributed by atoms with Crippen LogP contribution >= 0.6 is 0 Å². The third-order valence-electron chi connectivity index (χ3n) is 4.30. The lowest BCUT2D eigenvalue weighted by atomic mass is 10.0. The zero-order valence-electron chi connectivity index (χ0n) is 13.6. The van der Waals surface area contributed by atoms with Gasteiger partial charge in [-0.15, -0.1) is 0 Å². The molecule has 3 heteroatoms. The molecule has 1 heterocycles. The normalized spacial score (nSPS) is 18.8. The summed E-state index contributed by atoms with van der Waals surface area (Å²) in [6.45, 7) is 9.17. The Hall–Kier alpha value is -1.35. The Bertz CT molecular complexity index is 484. The second-order valence-corrected chi connectivity index (χ2v) is 6.24. The van der Waals surface area contributed by atoms with Crippen molar-refractivity contribution in [1.29, 1.82) is 0 Å². The predicted octanol–water partition coefficient (Wildman–Crippen LogP) is 2.84. The molecule has 0 bridgehead atoms. The van der Waals surface area contributed by atoms with E-state index in [1.54, 1.807) is 0 Å². The van der Waals surface area contributed by atoms with Crippen LogP contribution in [0.3, 0.4) is 0 Å². The minimum absolute atomic E-state index is 0.270. The summed E-state index contributed by atoms with van der Waals surface area (Å²) in [5, 5.41) is 3.55. The molecule has 1 atom stereocenters. The molecule has 1 aliphatic heterocycles. The lowest BCUT2D eigenvalue weighted by Gasteiger charge is -2.33. The molecule has 1 aromatic carbocycles. The van der Waals surface area contributed by atoms with Crippen LogP contribution in [0, 0.1) is 13.8 Å². The van der Waals surface area contributed by atoms with E-state index in [0.717, 1.165) is 32.5 Å². The van der Waals surface area contributed by atoms with Gasteiger partial charge in [0.05, 0.1) is 6.42 Å². The highest BCUT2D eigenvalue weighted by Gasteiger charge is 2.23. The monoisotopic (exact) mass is 288 g/mol. The zero-order chi connectivity index (χ0) is 15.2. The summed E-state index contributed by atoms with van der Waals surface area (Å²) in [4.78, 5) is 14.6. The number of nitrogens with zero attached hydrogens (tertiary/aromatic N) is 1. The molecule has 116 valence electrons. The van der Waals surface area contributed by atoms with Crippen LogP contribution in [0.2, 0.25) is 0 Å². The van der Waals surface area contributed by atoms with Gasteiger partial charge in [0.2, 0.25) is 5.91 Å². The maximum absolute atomic E-state index is 12.5. The molecule has 0 saturated carbocycles. The van der Waals surface area contributed by atoms with E-state index in [4.69, 9.17) is 0 Å². The number of benzene rings is 1. The smallest absolute Gasteiger partial charge is 0.227 e. The molecule has 1 N–H and O–H groups in total. The summed E-state index contributed by atoms with van der Waals surface area (Å²) in [6.07, 6.45) is 3.98. The summed E-state index contributed by atoms with van der Waals surface area (Å²) in [6, 6.07) is 6.83. The van der Waals surface area contributed by atoms with Crippen LogP contribution in [-0.4, -0.2) is 36.5 Å². The lowest BCUT2D eigenvalue weighted by Crippen LogP contribution is -2.48. The van der Waals surface area contributed by atoms with Gasteiger partial charge in [-0.3, -0.25) is 4.79 Å². The fourth-order valence-corrected chi connectivity index (χ4v) is 2.98. The second kappa shape index (κ2) is 7.60. The number of hydrogen-bond acceptors (Lipinski definition) is 2. The second-order valence-electron chi connectivity index (χ2n) is 6.24. The molecule has 2 rings (SSSR count). The first-order valence-electron chi connectivity index (χ1n) is 8.17. The number of amides is 1. The van der Waals surface area contributed by atoms with Crippen LogP contribution in [0.1, 0.15) is 42.9 Å². The Labute approximate surface area is 128 Å². The van der Waals surface area contributed by atoms with Gasteiger partial charge in [-0.25, -0.2) is 0 Å². The van der Waals surface area contributed by atoms with E-state index in [2.05, 4.69) is 44.3 Å². The SMILES string of the molecule is CCCNC1CCCN(C(=O)Cc2cc(C)ccc2C)C1. The fraction of sp³-hybridized carbons (Fsp3) is 0.611. The molecular formula is C18H28N2O. The van der Waals surface area contributed by atoms with Crippen LogP contribution < -0.4 is 5.32 Å². The Kier molecular flexibility index (Phi) is 5.80. The maximum Gasteiger partial charge on any atom is 0.227 e. The first kappa shape index (κ1) is 16.0. The Morgan fingerprint density at radius 3 is 2.95 bits per heavy atom. The summed E-state index contributed by atoms with van der Waals surface area (Å²) in [5.74, 6) is 0.270. The number of nitrogens with one attached hydrogen (secondary N) is 1. The molecule has 0 spiro atoms. The molecule has 1 fully saturated rings. The summed E-state index contributed by atoms with van der Waals surface area (Å²) in [5.41, 5.74) is 3.61. The molecule has 0 radical (unpaired) electrons. The van der Waals surface area contributed by atoms with Gasteiger partial charge >= 0.3 is 0 Å². The Morgan fingerprint density at radius 2 is 2.19 bits per heavy atom. The summed E-state index contributed by atoms with van der Waals surface area (Å²) < 4.78 is 0. The van der Waals surface area contributed by atoms with Gasteiger partial charge in [-0.1, -0.05) is 30.7 Å². The van der Waals surface area contributed by atoms with Crippen LogP contribution in [0.5, 0.6) is 0 Å². The van der Waals surface area contributed by atoms with E-state index in [1.165, 1.54) is 23.1 Å². The predicted molar refractivity (Wildman–Crippen MR) is 87.5 cm³/mol. The largest absolute Gasteiger partial charge is 0.341 e. The van der Waals surface area contributed by atoms with Crippen LogP contribution in [-0.2, 0) is 11.2 Å². The molecule has 3 nitrogen and oxygen atoms in total. The molecule has 21 heavy (non-hydrogen) atoms. The molecule has 0 aromatic heterocycles. The molecule has 1 saturated heterocycles. The van der Waals surface area contributed by atoms with Crippen molar-refractivity contribution in [2.75, 3.05) is 19.6 Å². The van der Waals surface area contributed by atoms with Crippen LogP contribution in [0.15, 0.2) is 18.2 Å². The zero-order valence-corrected chi connectivity index (χ0v) is 13.6. The van der Waals surface area contributed by atoms with Crippen molar-refractivity contribution in [3.63, 3.8) is 0 Å². The number of carbonyl (C=O) groups is 1. The van der Waals surface area contributed by atoms with Crippen molar-refractivity contribution < 1.29 is 4.79 Å². The first-order valence-corrected chi connectivity index (χ1v) is 8.17. The van der Waals surface area contributed by atoms with Gasteiger partial charge in [0, 0.05) is 19.1 Å². The minimum Gasteiger partial charge on any atom is -0.341 e. The van der Waals surface area contributed by atoms with Crippen molar-refractivity contribution in [3.05, 3.63) is 34.9 Å². The molecule has 0 aliphatic carbocycles. The van der Waals surface area contributed by atoms with Crippen molar-refractivity contribution in [3.8, 4) is 0 Å². The molecular weight excluding hydrogens is 260 g/mol. The molecule has 1 aliphatic rings. The lowest BCUT2D eigenvalue weighted by molar-refractivity contribution is -0.131. The average molecular weight is 288 g/mol. The van der Waals surface area contributed by atoms with E-state index in [-0.39, 0.29) is 5.91 Å². The van der Waals surface area contributed by atoms with E-state index in [9.17, 15) is 4.79 Å². The van der Waals surface area contributed by atoms with Crippen molar-refractivity contribution in [1.82, 2.24) is 10.2 Å². The molecule has 1 unspecified atom stereocenters. The fourth-order valence-electron chi connectivity index (χ4n) is 2.98. The topological polar surface area (TPSA) is 32.3 Å². The standard InChI is InChI=1S/C18H28N2O/c1-4-9-19-17-6-5-10-20(13-17)18(21)12-16-11-14(2)7-8-15(16)3/h7-8,11,17,19H,4-6,9-10,12-13H2,1-3H3. The number of rotatable bonds is 5. The number of piperidine rings is 1. The third kappa shape index (κ3) is 4.57. The van der Waals surface area contributed by atoms with Gasteiger partial charge in [-0.2, -0.15) is 0 Å². The minimum atomic E-state index is 0.270. The highest BCUT2D eigenvalue weighted by Crippen LogP contribution is 2.15. The molecule has 1 aromatic rings. The van der Waals surface area contributed by atoms with Crippen LogP contribution in [0.4, 0.5) is 0 Å². The van der Waals surface area contributed by atoms with Crippen molar-refractivity contribution >= 4 is 5.91 Å². The summed E-state index contributed by atoms with van der Waals surface area (Å²) >= 11 is 0. The van der Waals surface area contributed by atoms with E-state index >= 15 is 0 Å². The highest BCUT2D eigenvalue weighted by molar-refractivity contribution is 5.79. The quantitative estimate of drug-likeness (QED) is 0.903. The van der Waals surface area contributed by atoms with E-state index in [0.29, 0.717) is 12.5 Å². The first-order chi connectivity index (χ1) is 10.1. The van der Waals surface area contributed by atoms with E-state index in [1.807, 2.05) is 4.90 Å².